The van der Waals surface area contributed by atoms with Crippen LogP contribution in [0.2, 0.25) is 0 Å². The summed E-state index contributed by atoms with van der Waals surface area (Å²) in [7, 11) is 1.54. The molecule has 0 fully saturated rings. The number of nitrogens with zero attached hydrogens (tertiary/aromatic N) is 2. The first kappa shape index (κ1) is 13.9. The van der Waals surface area contributed by atoms with Gasteiger partial charge in [0.25, 0.3) is 0 Å². The fraction of sp³-hybridized carbons (Fsp3) is 0.0588. The Morgan fingerprint density at radius 1 is 0.727 bits per heavy atom. The molecule has 0 spiro atoms. The van der Waals surface area contributed by atoms with Crippen LogP contribution >= 0.6 is 0 Å². The molecule has 3 aromatic rings. The number of hydrogen-bond acceptors (Lipinski definition) is 5. The second-order valence-corrected chi connectivity index (χ2v) is 4.37. The van der Waals surface area contributed by atoms with Gasteiger partial charge in [0.15, 0.2) is 0 Å². The first-order valence-electron chi connectivity index (χ1n) is 6.71. The molecule has 0 aliphatic rings. The fourth-order valence-corrected chi connectivity index (χ4v) is 1.79. The molecule has 5 nitrogen and oxygen atoms in total. The lowest BCUT2D eigenvalue weighted by Gasteiger charge is -2.07. The van der Waals surface area contributed by atoms with Gasteiger partial charge < -0.3 is 14.2 Å². The number of aromatic nitrogens is 2. The number of hydrogen-bond donors (Lipinski definition) is 0. The van der Waals surface area contributed by atoms with Crippen molar-refractivity contribution in [1.29, 1.82) is 0 Å². The van der Waals surface area contributed by atoms with Crippen molar-refractivity contribution in [3.05, 3.63) is 66.9 Å². The van der Waals surface area contributed by atoms with E-state index in [-0.39, 0.29) is 6.01 Å². The minimum atomic E-state index is 0.232. The smallest absolute Gasteiger partial charge is 0.325 e. The lowest BCUT2D eigenvalue weighted by Crippen LogP contribution is -1.94. The Kier molecular flexibility index (Phi) is 4.15. The van der Waals surface area contributed by atoms with E-state index in [1.165, 1.54) is 0 Å². The van der Waals surface area contributed by atoms with Gasteiger partial charge in [-0.1, -0.05) is 18.2 Å². The maximum atomic E-state index is 5.71. The van der Waals surface area contributed by atoms with Crippen molar-refractivity contribution in [2.24, 2.45) is 0 Å². The molecule has 0 radical (unpaired) electrons. The molecule has 1 aromatic heterocycles. The van der Waals surface area contributed by atoms with Crippen LogP contribution in [0.25, 0.3) is 0 Å². The Labute approximate surface area is 128 Å². The predicted molar refractivity (Wildman–Crippen MR) is 81.6 cm³/mol. The second-order valence-electron chi connectivity index (χ2n) is 4.37. The third kappa shape index (κ3) is 3.52. The highest BCUT2D eigenvalue weighted by atomic mass is 16.5. The second kappa shape index (κ2) is 6.58. The van der Waals surface area contributed by atoms with E-state index in [2.05, 4.69) is 9.97 Å². The molecule has 0 saturated heterocycles. The third-order valence-electron chi connectivity index (χ3n) is 2.83. The predicted octanol–water partition coefficient (Wildman–Crippen LogP) is 4.07. The molecule has 0 saturated carbocycles. The van der Waals surface area contributed by atoms with Crippen LogP contribution in [0.4, 0.5) is 0 Å². The zero-order valence-electron chi connectivity index (χ0n) is 12.0. The molecule has 0 aliphatic carbocycles. The molecule has 5 heteroatoms. The van der Waals surface area contributed by atoms with Crippen molar-refractivity contribution in [2.45, 2.75) is 0 Å². The van der Waals surface area contributed by atoms with Crippen LogP contribution in [0.5, 0.6) is 29.1 Å². The lowest BCUT2D eigenvalue weighted by atomic mass is 10.3. The molecule has 0 atom stereocenters. The summed E-state index contributed by atoms with van der Waals surface area (Å²) in [5.41, 5.74) is 0. The molecular formula is C17H14N2O3. The molecule has 0 unspecified atom stereocenters. The number of benzene rings is 2. The largest absolute Gasteiger partial charge is 0.481 e. The van der Waals surface area contributed by atoms with Gasteiger partial charge in [-0.15, -0.1) is 0 Å². The molecule has 0 aliphatic heterocycles. The summed E-state index contributed by atoms with van der Waals surface area (Å²) in [4.78, 5) is 8.12. The molecule has 0 N–H and O–H groups in total. The monoisotopic (exact) mass is 294 g/mol. The molecule has 110 valence electrons. The van der Waals surface area contributed by atoms with Gasteiger partial charge in [0.05, 0.1) is 7.11 Å². The Morgan fingerprint density at radius 2 is 1.36 bits per heavy atom. The van der Waals surface area contributed by atoms with Crippen LogP contribution in [-0.4, -0.2) is 17.1 Å². The summed E-state index contributed by atoms with van der Waals surface area (Å²) in [6, 6.07) is 18.7. The quantitative estimate of drug-likeness (QED) is 0.710. The third-order valence-corrected chi connectivity index (χ3v) is 2.83. The SMILES string of the molecule is COc1ccnc(Oc2ccc(Oc3ccccc3)cc2)n1. The molecule has 3 rings (SSSR count). The summed E-state index contributed by atoms with van der Waals surface area (Å²) in [6.45, 7) is 0. The zero-order chi connectivity index (χ0) is 15.2. The van der Waals surface area contributed by atoms with Crippen LogP contribution in [-0.2, 0) is 0 Å². The lowest BCUT2D eigenvalue weighted by molar-refractivity contribution is 0.376. The Morgan fingerprint density at radius 3 is 2.05 bits per heavy atom. The van der Waals surface area contributed by atoms with Gasteiger partial charge in [0.1, 0.15) is 17.2 Å². The normalized spacial score (nSPS) is 10.0. The van der Waals surface area contributed by atoms with Gasteiger partial charge in [0.2, 0.25) is 5.88 Å². The van der Waals surface area contributed by atoms with E-state index in [4.69, 9.17) is 14.2 Å². The molecule has 0 amide bonds. The van der Waals surface area contributed by atoms with Gasteiger partial charge in [-0.25, -0.2) is 4.98 Å². The maximum absolute atomic E-state index is 5.71. The van der Waals surface area contributed by atoms with Crippen molar-refractivity contribution in [1.82, 2.24) is 9.97 Å². The molecule has 2 aromatic carbocycles. The summed E-state index contributed by atoms with van der Waals surface area (Å²) in [5.74, 6) is 2.58. The molecular weight excluding hydrogens is 280 g/mol. The highest BCUT2D eigenvalue weighted by Crippen LogP contribution is 2.25. The highest BCUT2D eigenvalue weighted by Gasteiger charge is 2.03. The highest BCUT2D eigenvalue weighted by molar-refractivity contribution is 5.36. The van der Waals surface area contributed by atoms with Gasteiger partial charge in [-0.05, 0) is 36.4 Å². The van der Waals surface area contributed by atoms with E-state index in [0.29, 0.717) is 11.6 Å². The number of methoxy groups -OCH3 is 1. The van der Waals surface area contributed by atoms with Gasteiger partial charge >= 0.3 is 6.01 Å². The van der Waals surface area contributed by atoms with Crippen LogP contribution in [0.3, 0.4) is 0 Å². The average Bonchev–Trinajstić information content (AvgIpc) is 2.58. The topological polar surface area (TPSA) is 53.5 Å². The minimum Gasteiger partial charge on any atom is -0.481 e. The van der Waals surface area contributed by atoms with Crippen molar-refractivity contribution < 1.29 is 14.2 Å². The van der Waals surface area contributed by atoms with Crippen molar-refractivity contribution in [3.63, 3.8) is 0 Å². The van der Waals surface area contributed by atoms with Gasteiger partial charge in [-0.2, -0.15) is 4.98 Å². The van der Waals surface area contributed by atoms with Crippen LogP contribution in [0.15, 0.2) is 66.9 Å². The average molecular weight is 294 g/mol. The molecule has 0 bridgehead atoms. The van der Waals surface area contributed by atoms with Crippen LogP contribution < -0.4 is 14.2 Å². The van der Waals surface area contributed by atoms with Crippen LogP contribution in [0, 0.1) is 0 Å². The summed E-state index contributed by atoms with van der Waals surface area (Å²) >= 11 is 0. The zero-order valence-corrected chi connectivity index (χ0v) is 12.0. The number of rotatable bonds is 5. The fourth-order valence-electron chi connectivity index (χ4n) is 1.79. The summed E-state index contributed by atoms with van der Waals surface area (Å²) in [6.07, 6.45) is 1.58. The van der Waals surface area contributed by atoms with Gasteiger partial charge in [0, 0.05) is 12.3 Å². The van der Waals surface area contributed by atoms with Crippen molar-refractivity contribution >= 4 is 0 Å². The maximum Gasteiger partial charge on any atom is 0.325 e. The first-order chi connectivity index (χ1) is 10.8. The van der Waals surface area contributed by atoms with E-state index in [1.807, 2.05) is 42.5 Å². The van der Waals surface area contributed by atoms with Gasteiger partial charge in [-0.3, -0.25) is 0 Å². The Hall–Kier alpha value is -3.08. The van der Waals surface area contributed by atoms with Crippen LogP contribution in [0.1, 0.15) is 0 Å². The number of ether oxygens (including phenoxy) is 3. The van der Waals surface area contributed by atoms with Crippen molar-refractivity contribution in [3.8, 4) is 29.1 Å². The minimum absolute atomic E-state index is 0.232. The standard InChI is InChI=1S/C17H14N2O3/c1-20-16-11-12-18-17(19-16)22-15-9-7-14(8-10-15)21-13-5-3-2-4-6-13/h2-12H,1H3. The summed E-state index contributed by atoms with van der Waals surface area (Å²) in [5, 5.41) is 0. The van der Waals surface area contributed by atoms with E-state index < -0.39 is 0 Å². The van der Waals surface area contributed by atoms with E-state index >= 15 is 0 Å². The summed E-state index contributed by atoms with van der Waals surface area (Å²) < 4.78 is 16.3. The van der Waals surface area contributed by atoms with E-state index in [0.717, 1.165) is 11.5 Å². The first-order valence-corrected chi connectivity index (χ1v) is 6.71. The van der Waals surface area contributed by atoms with E-state index in [1.54, 1.807) is 31.5 Å². The Bertz CT molecular complexity index is 730. The molecule has 1 heterocycles. The Balaban J connectivity index is 1.68. The number of para-hydroxylation sites is 1. The van der Waals surface area contributed by atoms with Crippen molar-refractivity contribution in [2.75, 3.05) is 7.11 Å². The molecule has 22 heavy (non-hydrogen) atoms. The van der Waals surface area contributed by atoms with E-state index in [9.17, 15) is 0 Å².